The molecule has 0 saturated heterocycles. The number of benzene rings is 1. The minimum atomic E-state index is -0.761. The van der Waals surface area contributed by atoms with E-state index in [4.69, 9.17) is 5.11 Å². The lowest BCUT2D eigenvalue weighted by Gasteiger charge is -2.08. The van der Waals surface area contributed by atoms with Crippen molar-refractivity contribution in [1.82, 2.24) is 9.78 Å². The van der Waals surface area contributed by atoms with Crippen LogP contribution in [0.2, 0.25) is 0 Å². The number of carbonyl (C=O) groups is 1. The molecular weight excluding hydrogens is 240 g/mol. The summed E-state index contributed by atoms with van der Waals surface area (Å²) in [6.07, 6.45) is 0.548. The summed E-state index contributed by atoms with van der Waals surface area (Å²) in [5, 5.41) is 13.3. The molecule has 100 valence electrons. The Kier molecular flexibility index (Phi) is 3.69. The number of carboxylic acids is 1. The van der Waals surface area contributed by atoms with Gasteiger partial charge in [-0.1, -0.05) is 19.1 Å². The van der Waals surface area contributed by atoms with Crippen LogP contribution in [0.1, 0.15) is 23.9 Å². The molecule has 4 nitrogen and oxygen atoms in total. The monoisotopic (exact) mass is 258 g/mol. The van der Waals surface area contributed by atoms with E-state index in [1.54, 1.807) is 6.92 Å². The molecule has 0 aliphatic heterocycles. The molecule has 2 rings (SSSR count). The first-order valence-electron chi connectivity index (χ1n) is 6.33. The molecule has 2 aromatic rings. The van der Waals surface area contributed by atoms with Gasteiger partial charge in [0.15, 0.2) is 0 Å². The Morgan fingerprint density at radius 2 is 1.95 bits per heavy atom. The second-order valence-corrected chi connectivity index (χ2v) is 4.95. The Hall–Kier alpha value is -2.10. The van der Waals surface area contributed by atoms with Crippen molar-refractivity contribution < 1.29 is 9.90 Å². The Balaban J connectivity index is 2.19. The number of aromatic nitrogens is 2. The molecular formula is C15H18N2O2. The molecule has 0 radical (unpaired) electrons. The summed E-state index contributed by atoms with van der Waals surface area (Å²) in [5.41, 5.74) is 4.10. The van der Waals surface area contributed by atoms with Gasteiger partial charge in [0, 0.05) is 5.69 Å². The van der Waals surface area contributed by atoms with Crippen LogP contribution >= 0.6 is 0 Å². The van der Waals surface area contributed by atoms with Crippen molar-refractivity contribution in [2.24, 2.45) is 5.92 Å². The number of carboxylic acid groups (broad SMARTS) is 1. The SMILES string of the molecule is Cc1cc(C)n(-c2ccc(CC(C)C(=O)O)cc2)n1. The van der Waals surface area contributed by atoms with Crippen LogP contribution in [0, 0.1) is 19.8 Å². The van der Waals surface area contributed by atoms with Crippen molar-refractivity contribution in [1.29, 1.82) is 0 Å². The van der Waals surface area contributed by atoms with E-state index < -0.39 is 5.97 Å². The van der Waals surface area contributed by atoms with E-state index >= 15 is 0 Å². The molecule has 0 amide bonds. The minimum absolute atomic E-state index is 0.362. The fourth-order valence-electron chi connectivity index (χ4n) is 2.10. The van der Waals surface area contributed by atoms with E-state index in [2.05, 4.69) is 5.10 Å². The molecule has 1 aromatic carbocycles. The summed E-state index contributed by atoms with van der Waals surface area (Å²) >= 11 is 0. The molecule has 1 N–H and O–H groups in total. The second-order valence-electron chi connectivity index (χ2n) is 4.95. The Morgan fingerprint density at radius 3 is 2.42 bits per heavy atom. The molecule has 1 atom stereocenters. The van der Waals surface area contributed by atoms with Gasteiger partial charge in [-0.25, -0.2) is 4.68 Å². The lowest BCUT2D eigenvalue weighted by Crippen LogP contribution is -2.12. The van der Waals surface area contributed by atoms with Crippen LogP contribution in [0.15, 0.2) is 30.3 Å². The van der Waals surface area contributed by atoms with Crippen molar-refractivity contribution >= 4 is 5.97 Å². The maximum atomic E-state index is 10.8. The fraction of sp³-hybridized carbons (Fsp3) is 0.333. The Labute approximate surface area is 112 Å². The van der Waals surface area contributed by atoms with Gasteiger partial charge in [-0.3, -0.25) is 4.79 Å². The molecule has 0 saturated carbocycles. The number of nitrogens with zero attached hydrogens (tertiary/aromatic N) is 2. The van der Waals surface area contributed by atoms with Gasteiger partial charge < -0.3 is 5.11 Å². The molecule has 1 unspecified atom stereocenters. The Morgan fingerprint density at radius 1 is 1.32 bits per heavy atom. The van der Waals surface area contributed by atoms with Gasteiger partial charge in [0.25, 0.3) is 0 Å². The standard InChI is InChI=1S/C15H18N2O2/c1-10(15(18)19)8-13-4-6-14(7-5-13)17-12(3)9-11(2)16-17/h4-7,9-10H,8H2,1-3H3,(H,18,19). The Bertz CT molecular complexity index is 585. The lowest BCUT2D eigenvalue weighted by molar-refractivity contribution is -0.141. The average Bonchev–Trinajstić information content (AvgIpc) is 2.69. The van der Waals surface area contributed by atoms with E-state index in [0.29, 0.717) is 6.42 Å². The van der Waals surface area contributed by atoms with Crippen molar-refractivity contribution in [2.45, 2.75) is 27.2 Å². The number of aliphatic carboxylic acids is 1. The van der Waals surface area contributed by atoms with E-state index in [1.807, 2.05) is 48.9 Å². The van der Waals surface area contributed by atoms with E-state index in [9.17, 15) is 4.79 Å². The van der Waals surface area contributed by atoms with E-state index in [-0.39, 0.29) is 5.92 Å². The summed E-state index contributed by atoms with van der Waals surface area (Å²) in [7, 11) is 0. The smallest absolute Gasteiger partial charge is 0.306 e. The highest BCUT2D eigenvalue weighted by Crippen LogP contribution is 2.15. The normalized spacial score (nSPS) is 12.4. The van der Waals surface area contributed by atoms with Gasteiger partial charge >= 0.3 is 5.97 Å². The molecule has 4 heteroatoms. The predicted molar refractivity (Wildman–Crippen MR) is 73.5 cm³/mol. The summed E-state index contributed by atoms with van der Waals surface area (Å²) in [6.45, 7) is 5.70. The first-order chi connectivity index (χ1) is 8.97. The van der Waals surface area contributed by atoms with Gasteiger partial charge in [-0.15, -0.1) is 0 Å². The number of aryl methyl sites for hydroxylation is 2. The van der Waals surface area contributed by atoms with Crippen LogP contribution in [0.5, 0.6) is 0 Å². The van der Waals surface area contributed by atoms with Crippen molar-refractivity contribution in [3.63, 3.8) is 0 Å². The molecule has 0 spiro atoms. The zero-order valence-corrected chi connectivity index (χ0v) is 11.4. The highest BCUT2D eigenvalue weighted by Gasteiger charge is 2.11. The predicted octanol–water partition coefficient (Wildman–Crippen LogP) is 2.75. The van der Waals surface area contributed by atoms with Crippen molar-refractivity contribution in [3.8, 4) is 5.69 Å². The first kappa shape index (κ1) is 13.3. The van der Waals surface area contributed by atoms with Crippen LogP contribution in [0.25, 0.3) is 5.69 Å². The van der Waals surface area contributed by atoms with Crippen LogP contribution in [0.4, 0.5) is 0 Å². The van der Waals surface area contributed by atoms with Crippen LogP contribution in [0.3, 0.4) is 0 Å². The second kappa shape index (κ2) is 5.26. The average molecular weight is 258 g/mol. The zero-order chi connectivity index (χ0) is 14.0. The van der Waals surface area contributed by atoms with E-state index in [0.717, 1.165) is 22.6 Å². The maximum absolute atomic E-state index is 10.8. The fourth-order valence-corrected chi connectivity index (χ4v) is 2.10. The molecule has 19 heavy (non-hydrogen) atoms. The van der Waals surface area contributed by atoms with E-state index in [1.165, 1.54) is 0 Å². The highest BCUT2D eigenvalue weighted by atomic mass is 16.4. The quantitative estimate of drug-likeness (QED) is 0.917. The van der Waals surface area contributed by atoms with Gasteiger partial charge in [0.05, 0.1) is 17.3 Å². The van der Waals surface area contributed by atoms with Gasteiger partial charge in [-0.2, -0.15) is 5.10 Å². The minimum Gasteiger partial charge on any atom is -0.481 e. The summed E-state index contributed by atoms with van der Waals surface area (Å²) < 4.78 is 1.89. The lowest BCUT2D eigenvalue weighted by atomic mass is 10.0. The summed E-state index contributed by atoms with van der Waals surface area (Å²) in [5.74, 6) is -1.12. The number of rotatable bonds is 4. The molecule has 0 aliphatic rings. The van der Waals surface area contributed by atoms with Crippen molar-refractivity contribution in [2.75, 3.05) is 0 Å². The highest BCUT2D eigenvalue weighted by molar-refractivity contribution is 5.69. The van der Waals surface area contributed by atoms with Gasteiger partial charge in [0.2, 0.25) is 0 Å². The number of hydrogen-bond donors (Lipinski definition) is 1. The van der Waals surface area contributed by atoms with Crippen molar-refractivity contribution in [3.05, 3.63) is 47.3 Å². The zero-order valence-electron chi connectivity index (χ0n) is 11.4. The molecule has 0 bridgehead atoms. The van der Waals surface area contributed by atoms with Crippen LogP contribution in [-0.2, 0) is 11.2 Å². The van der Waals surface area contributed by atoms with Gasteiger partial charge in [-0.05, 0) is 44.0 Å². The van der Waals surface area contributed by atoms with Gasteiger partial charge in [0.1, 0.15) is 0 Å². The molecule has 0 fully saturated rings. The third kappa shape index (κ3) is 3.02. The molecule has 1 aromatic heterocycles. The largest absolute Gasteiger partial charge is 0.481 e. The molecule has 0 aliphatic carbocycles. The summed E-state index contributed by atoms with van der Waals surface area (Å²) in [4.78, 5) is 10.8. The maximum Gasteiger partial charge on any atom is 0.306 e. The summed E-state index contributed by atoms with van der Waals surface area (Å²) in [6, 6.07) is 9.91. The van der Waals surface area contributed by atoms with Crippen LogP contribution < -0.4 is 0 Å². The third-order valence-corrected chi connectivity index (χ3v) is 3.15. The molecule has 1 heterocycles. The number of hydrogen-bond acceptors (Lipinski definition) is 2. The van der Waals surface area contributed by atoms with Crippen LogP contribution in [-0.4, -0.2) is 20.9 Å². The first-order valence-corrected chi connectivity index (χ1v) is 6.33. The third-order valence-electron chi connectivity index (χ3n) is 3.15. The topological polar surface area (TPSA) is 55.1 Å².